The molecule has 0 spiro atoms. The van der Waals surface area contributed by atoms with Crippen molar-refractivity contribution in [3.63, 3.8) is 0 Å². The molecule has 0 aromatic heterocycles. The van der Waals surface area contributed by atoms with Gasteiger partial charge in [-0.15, -0.1) is 0 Å². The highest BCUT2D eigenvalue weighted by Gasteiger charge is 2.45. The molecular weight excluding hydrogens is 508 g/mol. The first-order valence-corrected chi connectivity index (χ1v) is 13.5. The van der Waals surface area contributed by atoms with E-state index in [-0.39, 0.29) is 16.4 Å². The van der Waals surface area contributed by atoms with Gasteiger partial charge < -0.3 is 19.9 Å². The van der Waals surface area contributed by atoms with E-state index in [1.807, 2.05) is 30.3 Å². The summed E-state index contributed by atoms with van der Waals surface area (Å²) in [6.07, 6.45) is -0.634. The number of aliphatic hydroxyl groups is 1. The smallest absolute Gasteiger partial charge is 0.337 e. The van der Waals surface area contributed by atoms with Gasteiger partial charge in [0.1, 0.15) is 17.5 Å². The van der Waals surface area contributed by atoms with Gasteiger partial charge in [-0.25, -0.2) is 17.9 Å². The average Bonchev–Trinajstić information content (AvgIpc) is 2.91. The van der Waals surface area contributed by atoms with Crippen LogP contribution in [0.5, 0.6) is 5.75 Å². The van der Waals surface area contributed by atoms with Crippen molar-refractivity contribution >= 4 is 21.9 Å². The lowest BCUT2D eigenvalue weighted by atomic mass is 9.86. The molecule has 1 heterocycles. The molecule has 4 rings (SSSR count). The highest BCUT2D eigenvalue weighted by molar-refractivity contribution is 7.89. The fraction of sp³-hybridized carbons (Fsp3) is 0.286. The number of sulfonamides is 1. The van der Waals surface area contributed by atoms with Crippen molar-refractivity contribution in [3.05, 3.63) is 95.1 Å². The Kier molecular flexibility index (Phi) is 7.86. The number of nitrogens with one attached hydrogen (secondary N) is 2. The molecule has 0 fully saturated rings. The summed E-state index contributed by atoms with van der Waals surface area (Å²) < 4.78 is 39.8. The summed E-state index contributed by atoms with van der Waals surface area (Å²) in [4.78, 5) is 24.6. The number of carbonyl (C=O) groups is 2. The lowest BCUT2D eigenvalue weighted by Crippen LogP contribution is -2.53. The molecule has 10 heteroatoms. The zero-order valence-electron chi connectivity index (χ0n) is 21.3. The van der Waals surface area contributed by atoms with Crippen molar-refractivity contribution in [1.29, 1.82) is 0 Å². The SMILES string of the molecule is COC(=O)c1cccc(S(=O)(=O)N[C@@H]2c3cc(C(=O)NCCc4ccccc4)ccc3OC(C)(C)[C@H]2O)c1. The van der Waals surface area contributed by atoms with Crippen molar-refractivity contribution in [3.8, 4) is 5.75 Å². The Hall–Kier alpha value is -3.73. The van der Waals surface area contributed by atoms with Crippen molar-refractivity contribution in [2.24, 2.45) is 0 Å². The molecule has 200 valence electrons. The van der Waals surface area contributed by atoms with Crippen molar-refractivity contribution < 1.29 is 32.6 Å². The maximum atomic E-state index is 13.3. The highest BCUT2D eigenvalue weighted by atomic mass is 32.2. The topological polar surface area (TPSA) is 131 Å². The van der Waals surface area contributed by atoms with Crippen LogP contribution in [-0.4, -0.2) is 50.8 Å². The van der Waals surface area contributed by atoms with Crippen LogP contribution in [-0.2, 0) is 21.2 Å². The van der Waals surface area contributed by atoms with Gasteiger partial charge >= 0.3 is 5.97 Å². The van der Waals surface area contributed by atoms with Gasteiger partial charge in [-0.3, -0.25) is 4.79 Å². The number of benzene rings is 3. The fourth-order valence-electron chi connectivity index (χ4n) is 4.28. The van der Waals surface area contributed by atoms with Crippen LogP contribution < -0.4 is 14.8 Å². The molecule has 0 aliphatic carbocycles. The molecule has 2 atom stereocenters. The third-order valence-corrected chi connectivity index (χ3v) is 7.84. The molecule has 0 bridgehead atoms. The van der Waals surface area contributed by atoms with Crippen molar-refractivity contribution in [1.82, 2.24) is 10.0 Å². The van der Waals surface area contributed by atoms with Crippen LogP contribution in [0.3, 0.4) is 0 Å². The zero-order valence-corrected chi connectivity index (χ0v) is 22.1. The minimum atomic E-state index is -4.20. The second-order valence-electron chi connectivity index (χ2n) is 9.51. The zero-order chi connectivity index (χ0) is 27.5. The Morgan fingerprint density at radius 2 is 1.74 bits per heavy atom. The molecule has 3 aromatic carbocycles. The summed E-state index contributed by atoms with van der Waals surface area (Å²) in [7, 11) is -3.00. The van der Waals surface area contributed by atoms with Gasteiger partial charge in [0.15, 0.2) is 0 Å². The first-order valence-electron chi connectivity index (χ1n) is 12.1. The molecule has 3 N–H and O–H groups in total. The van der Waals surface area contributed by atoms with Crippen LogP contribution >= 0.6 is 0 Å². The predicted octanol–water partition coefficient (Wildman–Crippen LogP) is 3.00. The first-order chi connectivity index (χ1) is 18.0. The number of rotatable bonds is 8. The van der Waals surface area contributed by atoms with Gasteiger partial charge in [0.2, 0.25) is 10.0 Å². The number of ether oxygens (including phenoxy) is 2. The van der Waals surface area contributed by atoms with Gasteiger partial charge in [0.05, 0.1) is 23.6 Å². The predicted molar refractivity (Wildman–Crippen MR) is 140 cm³/mol. The molecule has 9 nitrogen and oxygen atoms in total. The summed E-state index contributed by atoms with van der Waals surface area (Å²) in [6, 6.07) is 18.7. The molecule has 38 heavy (non-hydrogen) atoms. The van der Waals surface area contributed by atoms with E-state index in [1.54, 1.807) is 26.0 Å². The van der Waals surface area contributed by atoms with E-state index in [0.717, 1.165) is 5.56 Å². The van der Waals surface area contributed by atoms with E-state index in [9.17, 15) is 23.1 Å². The average molecular weight is 539 g/mol. The van der Waals surface area contributed by atoms with Crippen molar-refractivity contribution in [2.45, 2.75) is 42.9 Å². The normalized spacial score (nSPS) is 18.1. The third kappa shape index (κ3) is 5.88. The van der Waals surface area contributed by atoms with Gasteiger partial charge in [-0.2, -0.15) is 0 Å². The van der Waals surface area contributed by atoms with Crippen LogP contribution in [0.15, 0.2) is 77.7 Å². The number of aliphatic hydroxyl groups excluding tert-OH is 1. The molecule has 1 amide bonds. The van der Waals surface area contributed by atoms with Crippen molar-refractivity contribution in [2.75, 3.05) is 13.7 Å². The van der Waals surface area contributed by atoms with E-state index < -0.39 is 33.7 Å². The van der Waals surface area contributed by atoms with Gasteiger partial charge in [0.25, 0.3) is 5.91 Å². The number of carbonyl (C=O) groups excluding carboxylic acids is 2. The number of hydrogen-bond donors (Lipinski definition) is 3. The maximum Gasteiger partial charge on any atom is 0.337 e. The lowest BCUT2D eigenvalue weighted by molar-refractivity contribution is -0.0603. The van der Waals surface area contributed by atoms with E-state index in [0.29, 0.717) is 29.8 Å². The van der Waals surface area contributed by atoms with Crippen LogP contribution in [0.2, 0.25) is 0 Å². The highest BCUT2D eigenvalue weighted by Crippen LogP contribution is 2.41. The monoisotopic (exact) mass is 538 g/mol. The third-order valence-electron chi connectivity index (χ3n) is 6.40. The lowest BCUT2D eigenvalue weighted by Gasteiger charge is -2.42. The van der Waals surface area contributed by atoms with E-state index >= 15 is 0 Å². The summed E-state index contributed by atoms with van der Waals surface area (Å²) in [5, 5.41) is 14.0. The molecule has 3 aromatic rings. The van der Waals surface area contributed by atoms with E-state index in [2.05, 4.69) is 14.8 Å². The Morgan fingerprint density at radius 1 is 1.00 bits per heavy atom. The Labute approximate surface area is 221 Å². The van der Waals surface area contributed by atoms with E-state index in [1.165, 1.54) is 37.4 Å². The summed E-state index contributed by atoms with van der Waals surface area (Å²) in [5.41, 5.74) is 0.637. The quantitative estimate of drug-likeness (QED) is 0.376. The van der Waals surface area contributed by atoms with Crippen LogP contribution in [0.25, 0.3) is 0 Å². The summed E-state index contributed by atoms with van der Waals surface area (Å²) >= 11 is 0. The van der Waals surface area contributed by atoms with Gasteiger partial charge in [0, 0.05) is 17.7 Å². The standard InChI is InChI=1S/C28H30N2O7S/c1-28(2)25(31)24(30-38(34,35)21-11-7-10-20(16-21)27(33)36-3)22-17-19(12-13-23(22)37-28)26(32)29-15-14-18-8-5-4-6-9-18/h4-13,16-17,24-25,30-31H,14-15H2,1-3H3,(H,29,32)/t24-,25+/m1/s1. The van der Waals surface area contributed by atoms with Crippen LogP contribution in [0, 0.1) is 0 Å². The minimum Gasteiger partial charge on any atom is -0.485 e. The Balaban J connectivity index is 1.60. The van der Waals surface area contributed by atoms with Crippen LogP contribution in [0.4, 0.5) is 0 Å². The molecule has 0 saturated carbocycles. The largest absolute Gasteiger partial charge is 0.485 e. The van der Waals surface area contributed by atoms with Crippen LogP contribution in [0.1, 0.15) is 51.7 Å². The molecule has 1 aliphatic heterocycles. The second kappa shape index (κ2) is 10.9. The van der Waals surface area contributed by atoms with Gasteiger partial charge in [-0.05, 0) is 62.2 Å². The number of amides is 1. The second-order valence-corrected chi connectivity index (χ2v) is 11.2. The first kappa shape index (κ1) is 27.3. The molecule has 0 saturated heterocycles. The van der Waals surface area contributed by atoms with E-state index in [4.69, 9.17) is 4.74 Å². The number of esters is 1. The fourth-order valence-corrected chi connectivity index (χ4v) is 5.55. The molecule has 1 aliphatic rings. The Morgan fingerprint density at radius 3 is 2.45 bits per heavy atom. The number of methoxy groups -OCH3 is 1. The summed E-state index contributed by atoms with van der Waals surface area (Å²) in [5.74, 6) is -0.671. The maximum absolute atomic E-state index is 13.3. The Bertz CT molecular complexity index is 1440. The molecular formula is C28H30N2O7S. The summed E-state index contributed by atoms with van der Waals surface area (Å²) in [6.45, 7) is 3.70. The van der Waals surface area contributed by atoms with Gasteiger partial charge in [-0.1, -0.05) is 36.4 Å². The minimum absolute atomic E-state index is 0.0677. The number of fused-ring (bicyclic) bond motifs is 1. The molecule has 0 unspecified atom stereocenters. The number of hydrogen-bond acceptors (Lipinski definition) is 7. The molecule has 0 radical (unpaired) electrons.